The second-order valence-corrected chi connectivity index (χ2v) is 8.25. The Labute approximate surface area is 134 Å². The second kappa shape index (κ2) is 4.85. The lowest BCUT2D eigenvalue weighted by atomic mass is 9.97. The van der Waals surface area contributed by atoms with Gasteiger partial charge in [0.15, 0.2) is 4.83 Å². The molecule has 2 aromatic heterocycles. The maximum absolute atomic E-state index is 12.7. The number of nitrogens with zero attached hydrogens (tertiary/aromatic N) is 2. The van der Waals surface area contributed by atoms with Crippen LogP contribution in [0.3, 0.4) is 0 Å². The van der Waals surface area contributed by atoms with Gasteiger partial charge >= 0.3 is 10.7 Å². The van der Waals surface area contributed by atoms with E-state index in [1.54, 1.807) is 11.8 Å². The molecule has 0 aromatic carbocycles. The van der Waals surface area contributed by atoms with Gasteiger partial charge in [-0.3, -0.25) is 0 Å². The average Bonchev–Trinajstić information content (AvgIpc) is 3.05. The van der Waals surface area contributed by atoms with E-state index in [0.717, 1.165) is 34.5 Å². The molecule has 0 saturated heterocycles. The highest BCUT2D eigenvalue weighted by molar-refractivity contribution is 9.09. The molecule has 1 unspecified atom stereocenters. The van der Waals surface area contributed by atoms with Crippen molar-refractivity contribution in [1.82, 2.24) is 4.57 Å². The van der Waals surface area contributed by atoms with Crippen LogP contribution in [0.5, 0.6) is 0 Å². The Balaban J connectivity index is 2.13. The molecule has 0 bridgehead atoms. The fourth-order valence-electron chi connectivity index (χ4n) is 3.29. The minimum absolute atomic E-state index is 0.202. The number of halogens is 1. The molecule has 3 nitrogen and oxygen atoms in total. The molecule has 0 radical (unpaired) electrons. The third kappa shape index (κ3) is 1.70. The molecule has 3 heterocycles. The molecule has 0 N–H and O–H groups in total. The summed E-state index contributed by atoms with van der Waals surface area (Å²) in [5, 5.41) is 3.07. The zero-order chi connectivity index (χ0) is 13.9. The summed E-state index contributed by atoms with van der Waals surface area (Å²) in [4.78, 5) is 15.4. The number of thiophene rings is 1. The van der Waals surface area contributed by atoms with Crippen LogP contribution in [0.4, 0.5) is 0 Å². The molecule has 6 heteroatoms. The molecule has 0 spiro atoms. The monoisotopic (exact) mass is 371 g/mol. The van der Waals surface area contributed by atoms with Crippen LogP contribution in [0.1, 0.15) is 29.3 Å². The van der Waals surface area contributed by atoms with Gasteiger partial charge in [0.2, 0.25) is 0 Å². The number of alkyl halides is 1. The number of hydrogen-bond donors (Lipinski definition) is 0. The first-order valence-electron chi connectivity index (χ1n) is 7.00. The van der Waals surface area contributed by atoms with Crippen molar-refractivity contribution in [3.63, 3.8) is 0 Å². The van der Waals surface area contributed by atoms with Crippen molar-refractivity contribution < 1.29 is 4.57 Å². The lowest BCUT2D eigenvalue weighted by molar-refractivity contribution is -0.722. The maximum Gasteiger partial charge on any atom is 0.346 e. The Morgan fingerprint density at radius 2 is 2.20 bits per heavy atom. The minimum Gasteiger partial charge on any atom is -0.241 e. The Kier molecular flexibility index (Phi) is 3.23. The Bertz CT molecular complexity index is 765. The third-order valence-electron chi connectivity index (χ3n) is 4.33. The van der Waals surface area contributed by atoms with Gasteiger partial charge in [0.25, 0.3) is 0 Å². The first-order chi connectivity index (χ1) is 9.72. The topological polar surface area (TPSA) is 25.9 Å². The zero-order valence-corrected chi connectivity index (χ0v) is 14.5. The van der Waals surface area contributed by atoms with Gasteiger partial charge in [-0.05, 0) is 43.0 Å². The lowest BCUT2D eigenvalue weighted by Crippen LogP contribution is -2.44. The second-order valence-electron chi connectivity index (χ2n) is 5.53. The summed E-state index contributed by atoms with van der Waals surface area (Å²) in [5.74, 6) is 1.06. The largest absolute Gasteiger partial charge is 0.346 e. The number of rotatable bonds is 1. The predicted molar refractivity (Wildman–Crippen MR) is 87.5 cm³/mol. The fraction of sp³-hybridized carbons (Fsp3) is 0.571. The SMILES string of the molecule is Cn1c2[n+](c3sc4c(c3c1=O)CCCC4)C(CBr)CS2. The van der Waals surface area contributed by atoms with E-state index in [1.165, 1.54) is 28.1 Å². The Morgan fingerprint density at radius 1 is 1.40 bits per heavy atom. The molecule has 106 valence electrons. The molecule has 0 saturated carbocycles. The van der Waals surface area contributed by atoms with Crippen molar-refractivity contribution in [2.45, 2.75) is 36.9 Å². The molecule has 0 amide bonds. The molecular formula is C14H16BrN2OS2+. The summed E-state index contributed by atoms with van der Waals surface area (Å²) in [5.41, 5.74) is 1.55. The van der Waals surface area contributed by atoms with Gasteiger partial charge in [0.1, 0.15) is 11.4 Å². The van der Waals surface area contributed by atoms with Crippen molar-refractivity contribution in [2.75, 3.05) is 11.1 Å². The van der Waals surface area contributed by atoms with Crippen LogP contribution in [0, 0.1) is 0 Å². The fourth-order valence-corrected chi connectivity index (χ4v) is 6.89. The average molecular weight is 372 g/mol. The van der Waals surface area contributed by atoms with Gasteiger partial charge < -0.3 is 0 Å². The molecule has 1 atom stereocenters. The molecule has 2 aromatic rings. The van der Waals surface area contributed by atoms with Gasteiger partial charge in [-0.1, -0.05) is 27.3 Å². The quantitative estimate of drug-likeness (QED) is 0.437. The molecular weight excluding hydrogens is 356 g/mol. The van der Waals surface area contributed by atoms with Crippen molar-refractivity contribution in [2.24, 2.45) is 7.05 Å². The molecule has 1 aliphatic heterocycles. The Morgan fingerprint density at radius 3 is 3.00 bits per heavy atom. The summed E-state index contributed by atoms with van der Waals surface area (Å²) in [7, 11) is 1.92. The normalized spacial score (nSPS) is 21.2. The lowest BCUT2D eigenvalue weighted by Gasteiger charge is -2.09. The van der Waals surface area contributed by atoms with Gasteiger partial charge in [-0.15, -0.1) is 0 Å². The number of aromatic nitrogens is 2. The van der Waals surface area contributed by atoms with E-state index in [0.29, 0.717) is 6.04 Å². The van der Waals surface area contributed by atoms with Crippen LogP contribution >= 0.6 is 39.0 Å². The first-order valence-corrected chi connectivity index (χ1v) is 9.92. The van der Waals surface area contributed by atoms with Crippen LogP contribution in [0.25, 0.3) is 10.2 Å². The predicted octanol–water partition coefficient (Wildman–Crippen LogP) is 2.81. The number of hydrogen-bond acceptors (Lipinski definition) is 3. The van der Waals surface area contributed by atoms with Gasteiger partial charge in [0.05, 0.1) is 7.05 Å². The number of thioether (sulfide) groups is 1. The minimum atomic E-state index is 0.202. The van der Waals surface area contributed by atoms with Gasteiger partial charge in [-0.2, -0.15) is 4.57 Å². The summed E-state index contributed by atoms with van der Waals surface area (Å²) >= 11 is 7.30. The highest BCUT2D eigenvalue weighted by Gasteiger charge is 2.36. The van der Waals surface area contributed by atoms with E-state index in [-0.39, 0.29) is 5.56 Å². The van der Waals surface area contributed by atoms with E-state index in [2.05, 4.69) is 20.5 Å². The van der Waals surface area contributed by atoms with Gasteiger partial charge in [-0.25, -0.2) is 9.36 Å². The summed E-state index contributed by atoms with van der Waals surface area (Å²) in [6, 6.07) is 0.462. The van der Waals surface area contributed by atoms with Crippen LogP contribution < -0.4 is 10.1 Å². The van der Waals surface area contributed by atoms with Crippen molar-refractivity contribution in [3.8, 4) is 0 Å². The smallest absolute Gasteiger partial charge is 0.241 e. The number of fused-ring (bicyclic) bond motifs is 5. The van der Waals surface area contributed by atoms with E-state index >= 15 is 0 Å². The summed E-state index contributed by atoms with van der Waals surface area (Å²) in [6.07, 6.45) is 4.72. The van der Waals surface area contributed by atoms with Gasteiger partial charge in [0, 0.05) is 16.0 Å². The zero-order valence-electron chi connectivity index (χ0n) is 11.3. The molecule has 20 heavy (non-hydrogen) atoms. The van der Waals surface area contributed by atoms with Crippen molar-refractivity contribution >= 4 is 49.2 Å². The van der Waals surface area contributed by atoms with Crippen LogP contribution in [0.2, 0.25) is 0 Å². The van der Waals surface area contributed by atoms with E-state index in [1.807, 2.05) is 23.0 Å². The molecule has 1 aliphatic carbocycles. The molecule has 2 aliphatic rings. The van der Waals surface area contributed by atoms with E-state index < -0.39 is 0 Å². The third-order valence-corrected chi connectivity index (χ3v) is 7.65. The standard InChI is InChI=1S/C14H16BrN2OS2/c1-16-12(18)11-9-4-2-3-5-10(9)20-13(11)17-8(6-15)7-19-14(16)17/h8H,2-7H2,1H3/q+1. The highest BCUT2D eigenvalue weighted by atomic mass is 79.9. The van der Waals surface area contributed by atoms with E-state index in [4.69, 9.17) is 0 Å². The number of aryl methyl sites for hydroxylation is 2. The van der Waals surface area contributed by atoms with Crippen molar-refractivity contribution in [1.29, 1.82) is 0 Å². The van der Waals surface area contributed by atoms with Crippen molar-refractivity contribution in [3.05, 3.63) is 20.8 Å². The molecule has 0 fully saturated rings. The maximum atomic E-state index is 12.7. The first kappa shape index (κ1) is 13.3. The summed E-state index contributed by atoms with van der Waals surface area (Å²) in [6.45, 7) is 0. The highest BCUT2D eigenvalue weighted by Crippen LogP contribution is 2.36. The van der Waals surface area contributed by atoms with Crippen LogP contribution in [-0.2, 0) is 19.9 Å². The van der Waals surface area contributed by atoms with Crippen LogP contribution in [-0.4, -0.2) is 15.7 Å². The van der Waals surface area contributed by atoms with E-state index in [9.17, 15) is 4.79 Å². The van der Waals surface area contributed by atoms with Crippen LogP contribution in [0.15, 0.2) is 9.95 Å². The summed E-state index contributed by atoms with van der Waals surface area (Å²) < 4.78 is 4.26. The Hall–Kier alpha value is -0.330. The molecule has 4 rings (SSSR count).